The first-order chi connectivity index (χ1) is 8.63. The van der Waals surface area contributed by atoms with Crippen LogP contribution < -0.4 is 0 Å². The molecule has 0 atom stereocenters. The van der Waals surface area contributed by atoms with Crippen LogP contribution in [0.15, 0.2) is 30.3 Å². The minimum atomic E-state index is 0.618. The molecule has 92 valence electrons. The second-order valence-electron chi connectivity index (χ2n) is 4.34. The van der Waals surface area contributed by atoms with Gasteiger partial charge in [-0.15, -0.1) is 11.3 Å². The summed E-state index contributed by atoms with van der Waals surface area (Å²) in [6.07, 6.45) is 0.825. The molecule has 3 aromatic rings. The molecule has 2 aromatic heterocycles. The fourth-order valence-electron chi connectivity index (χ4n) is 2.07. The third-order valence-corrected chi connectivity index (χ3v) is 4.82. The molecule has 1 N–H and O–H groups in total. The van der Waals surface area contributed by atoms with Crippen LogP contribution in [0.1, 0.15) is 16.1 Å². The number of hydrogen-bond acceptors (Lipinski definition) is 1. The van der Waals surface area contributed by atoms with Crippen LogP contribution in [0, 0.1) is 6.92 Å². The number of rotatable bonds is 2. The minimum absolute atomic E-state index is 0.618. The predicted molar refractivity (Wildman–Crippen MR) is 80.2 cm³/mol. The average molecular weight is 296 g/mol. The van der Waals surface area contributed by atoms with Gasteiger partial charge < -0.3 is 4.98 Å². The lowest BCUT2D eigenvalue weighted by Crippen LogP contribution is -1.86. The number of aromatic amines is 1. The summed E-state index contributed by atoms with van der Waals surface area (Å²) in [6.45, 7) is 2.07. The summed E-state index contributed by atoms with van der Waals surface area (Å²) in [7, 11) is 0. The summed E-state index contributed by atoms with van der Waals surface area (Å²) < 4.78 is 0. The monoisotopic (exact) mass is 295 g/mol. The Balaban J connectivity index is 1.96. The number of benzene rings is 1. The number of aromatic nitrogens is 1. The van der Waals surface area contributed by atoms with Gasteiger partial charge in [0.15, 0.2) is 0 Å². The van der Waals surface area contributed by atoms with Crippen LogP contribution in [0.5, 0.6) is 0 Å². The average Bonchev–Trinajstić information content (AvgIpc) is 2.81. The summed E-state index contributed by atoms with van der Waals surface area (Å²) in [6, 6.07) is 10.1. The molecule has 0 radical (unpaired) electrons. The van der Waals surface area contributed by atoms with Gasteiger partial charge in [-0.05, 0) is 30.7 Å². The van der Waals surface area contributed by atoms with Crippen molar-refractivity contribution in [2.45, 2.75) is 13.3 Å². The topological polar surface area (TPSA) is 15.8 Å². The molecule has 0 saturated heterocycles. The first-order valence-electron chi connectivity index (χ1n) is 5.64. The molecule has 1 nitrogen and oxygen atoms in total. The van der Waals surface area contributed by atoms with Gasteiger partial charge in [-0.3, -0.25) is 0 Å². The van der Waals surface area contributed by atoms with Crippen LogP contribution in [0.2, 0.25) is 10.0 Å². The van der Waals surface area contributed by atoms with Gasteiger partial charge in [0.05, 0.1) is 10.0 Å². The Morgan fingerprint density at radius 2 is 2.06 bits per heavy atom. The fraction of sp³-hybridized carbons (Fsp3) is 0.143. The molecule has 0 fully saturated rings. The first kappa shape index (κ1) is 12.1. The second kappa shape index (κ2) is 4.61. The zero-order valence-electron chi connectivity index (χ0n) is 9.76. The lowest BCUT2D eigenvalue weighted by Gasteiger charge is -2.03. The fourth-order valence-corrected chi connectivity index (χ4v) is 3.58. The van der Waals surface area contributed by atoms with Crippen molar-refractivity contribution in [1.29, 1.82) is 0 Å². The Kier molecular flexibility index (Phi) is 3.10. The van der Waals surface area contributed by atoms with Crippen LogP contribution in [0.4, 0.5) is 0 Å². The molecule has 0 amide bonds. The Bertz CT molecular complexity index is 680. The highest BCUT2D eigenvalue weighted by Gasteiger charge is 2.09. The molecule has 2 heterocycles. The number of nitrogens with one attached hydrogen (secondary N) is 1. The highest BCUT2D eigenvalue weighted by molar-refractivity contribution is 7.18. The van der Waals surface area contributed by atoms with Crippen LogP contribution >= 0.6 is 34.5 Å². The van der Waals surface area contributed by atoms with Gasteiger partial charge in [-0.1, -0.05) is 35.3 Å². The lowest BCUT2D eigenvalue weighted by atomic mass is 10.1. The van der Waals surface area contributed by atoms with E-state index in [1.165, 1.54) is 20.8 Å². The van der Waals surface area contributed by atoms with Gasteiger partial charge in [0.1, 0.15) is 4.83 Å². The van der Waals surface area contributed by atoms with Gasteiger partial charge in [-0.2, -0.15) is 0 Å². The summed E-state index contributed by atoms with van der Waals surface area (Å²) in [5.74, 6) is 0. The van der Waals surface area contributed by atoms with E-state index in [9.17, 15) is 0 Å². The maximum atomic E-state index is 6.21. The quantitative estimate of drug-likeness (QED) is 0.648. The Hall–Kier alpha value is -0.960. The van der Waals surface area contributed by atoms with E-state index in [2.05, 4.69) is 24.0 Å². The molecule has 0 unspecified atom stereocenters. The van der Waals surface area contributed by atoms with Gasteiger partial charge in [0, 0.05) is 22.4 Å². The van der Waals surface area contributed by atoms with Gasteiger partial charge in [0.25, 0.3) is 0 Å². The minimum Gasteiger partial charge on any atom is -0.350 e. The highest BCUT2D eigenvalue weighted by atomic mass is 35.5. The van der Waals surface area contributed by atoms with Crippen molar-refractivity contribution in [3.63, 3.8) is 0 Å². The number of thiophene rings is 1. The van der Waals surface area contributed by atoms with E-state index in [1.807, 2.05) is 18.2 Å². The smallest absolute Gasteiger partial charge is 0.100 e. The predicted octanol–water partition coefficient (Wildman–Crippen LogP) is 5.44. The molecule has 0 aliphatic rings. The third-order valence-electron chi connectivity index (χ3n) is 2.89. The molecule has 18 heavy (non-hydrogen) atoms. The van der Waals surface area contributed by atoms with Crippen molar-refractivity contribution in [3.8, 4) is 0 Å². The molecule has 0 spiro atoms. The maximum absolute atomic E-state index is 6.21. The van der Waals surface area contributed by atoms with Gasteiger partial charge in [-0.25, -0.2) is 0 Å². The molecule has 0 aliphatic carbocycles. The van der Waals surface area contributed by atoms with E-state index in [0.29, 0.717) is 10.0 Å². The van der Waals surface area contributed by atoms with Crippen molar-refractivity contribution >= 4 is 44.8 Å². The van der Waals surface area contributed by atoms with Crippen LogP contribution in [0.25, 0.3) is 10.2 Å². The number of aryl methyl sites for hydroxylation is 1. The molecule has 0 bridgehead atoms. The second-order valence-corrected chi connectivity index (χ2v) is 6.26. The van der Waals surface area contributed by atoms with E-state index in [0.717, 1.165) is 12.0 Å². The van der Waals surface area contributed by atoms with Crippen LogP contribution in [-0.4, -0.2) is 4.98 Å². The van der Waals surface area contributed by atoms with Crippen molar-refractivity contribution in [1.82, 2.24) is 4.98 Å². The van der Waals surface area contributed by atoms with Gasteiger partial charge >= 0.3 is 0 Å². The molecule has 0 aliphatic heterocycles. The zero-order chi connectivity index (χ0) is 12.7. The summed E-state index contributed by atoms with van der Waals surface area (Å²) in [5.41, 5.74) is 2.27. The Morgan fingerprint density at radius 1 is 1.22 bits per heavy atom. The summed E-state index contributed by atoms with van der Waals surface area (Å²) in [4.78, 5) is 5.86. The molecular formula is C14H11Cl2NS. The maximum Gasteiger partial charge on any atom is 0.100 e. The van der Waals surface area contributed by atoms with E-state index in [-0.39, 0.29) is 0 Å². The van der Waals surface area contributed by atoms with Crippen molar-refractivity contribution in [2.24, 2.45) is 0 Å². The Morgan fingerprint density at radius 3 is 2.83 bits per heavy atom. The lowest BCUT2D eigenvalue weighted by molar-refractivity contribution is 1.24. The summed E-state index contributed by atoms with van der Waals surface area (Å²) in [5, 5.41) is 2.55. The summed E-state index contributed by atoms with van der Waals surface area (Å²) >= 11 is 14.0. The molecular weight excluding hydrogens is 285 g/mol. The van der Waals surface area contributed by atoms with Gasteiger partial charge in [0.2, 0.25) is 0 Å². The molecule has 3 rings (SSSR count). The van der Waals surface area contributed by atoms with E-state index < -0.39 is 0 Å². The SMILES string of the molecule is Cc1cc2cc(Cc3cccc(Cl)c3Cl)sc2[nH]1. The van der Waals surface area contributed by atoms with E-state index in [1.54, 1.807) is 11.3 Å². The number of halogens is 2. The van der Waals surface area contributed by atoms with Crippen molar-refractivity contribution < 1.29 is 0 Å². The van der Waals surface area contributed by atoms with Crippen molar-refractivity contribution in [2.75, 3.05) is 0 Å². The molecule has 0 saturated carbocycles. The first-order valence-corrected chi connectivity index (χ1v) is 7.21. The highest BCUT2D eigenvalue weighted by Crippen LogP contribution is 2.31. The normalized spacial score (nSPS) is 11.3. The van der Waals surface area contributed by atoms with Crippen molar-refractivity contribution in [3.05, 3.63) is 56.5 Å². The van der Waals surface area contributed by atoms with E-state index in [4.69, 9.17) is 23.2 Å². The molecule has 4 heteroatoms. The number of hydrogen-bond donors (Lipinski definition) is 1. The number of H-pyrrole nitrogens is 1. The van der Waals surface area contributed by atoms with Crippen LogP contribution in [0.3, 0.4) is 0 Å². The Labute approximate surface area is 119 Å². The van der Waals surface area contributed by atoms with Crippen LogP contribution in [-0.2, 0) is 6.42 Å². The third kappa shape index (κ3) is 2.16. The largest absolute Gasteiger partial charge is 0.350 e. The number of fused-ring (bicyclic) bond motifs is 1. The molecule has 1 aromatic carbocycles. The zero-order valence-corrected chi connectivity index (χ0v) is 12.1. The van der Waals surface area contributed by atoms with E-state index >= 15 is 0 Å². The standard InChI is InChI=1S/C14H11Cl2NS/c1-8-5-10-7-11(18-14(10)17-8)6-9-3-2-4-12(15)13(9)16/h2-5,7,17H,6H2,1H3.